The lowest BCUT2D eigenvalue weighted by Crippen LogP contribution is -2.20. The third-order valence-corrected chi connectivity index (χ3v) is 2.86. The van der Waals surface area contributed by atoms with Gasteiger partial charge in [0.05, 0.1) is 0 Å². The highest BCUT2D eigenvalue weighted by Gasteiger charge is 2.30. The Morgan fingerprint density at radius 2 is 1.72 bits per heavy atom. The molecular weight excluding hydrogens is 341 g/mol. The summed E-state index contributed by atoms with van der Waals surface area (Å²) < 4.78 is 45.1. The van der Waals surface area contributed by atoms with E-state index in [1.165, 1.54) is 24.3 Å². The van der Waals surface area contributed by atoms with Crippen LogP contribution < -0.4 is 20.5 Å². The molecule has 25 heavy (non-hydrogen) atoms. The maximum atomic E-state index is 12.1. The average Bonchev–Trinajstić information content (AvgIpc) is 2.54. The van der Waals surface area contributed by atoms with Gasteiger partial charge in [-0.25, -0.2) is 0 Å². The first-order valence-corrected chi connectivity index (χ1v) is 6.91. The van der Waals surface area contributed by atoms with Gasteiger partial charge in [-0.3, -0.25) is 9.59 Å². The van der Waals surface area contributed by atoms with Crippen molar-refractivity contribution in [2.45, 2.75) is 6.36 Å². The molecule has 0 bridgehead atoms. The number of amides is 2. The second kappa shape index (κ2) is 7.56. The largest absolute Gasteiger partial charge is 0.573 e. The van der Waals surface area contributed by atoms with Gasteiger partial charge < -0.3 is 20.5 Å². The molecule has 0 fully saturated rings. The molecule has 0 aliphatic carbocycles. The summed E-state index contributed by atoms with van der Waals surface area (Å²) in [6, 6.07) is 10.6. The number of ether oxygens (including phenoxy) is 2. The SMILES string of the molecule is NC(=O)c1cccc(OCC(=O)Nc2ccc(OC(F)(F)F)cc2)c1. The third kappa shape index (κ3) is 6.05. The van der Waals surface area contributed by atoms with Crippen LogP contribution in [-0.2, 0) is 4.79 Å². The topological polar surface area (TPSA) is 90.7 Å². The highest BCUT2D eigenvalue weighted by molar-refractivity contribution is 5.93. The minimum absolute atomic E-state index is 0.234. The number of alkyl halides is 3. The number of hydrogen-bond acceptors (Lipinski definition) is 4. The molecule has 3 N–H and O–H groups in total. The molecule has 0 aromatic heterocycles. The Labute approximate surface area is 140 Å². The highest BCUT2D eigenvalue weighted by Crippen LogP contribution is 2.24. The second-order valence-corrected chi connectivity index (χ2v) is 4.80. The standard InChI is InChI=1S/C16H13F3N2O4/c17-16(18,19)25-12-6-4-11(5-7-12)21-14(22)9-24-13-3-1-2-10(8-13)15(20)23/h1-8H,9H2,(H2,20,23)(H,21,22). The van der Waals surface area contributed by atoms with Crippen LogP contribution in [0.4, 0.5) is 18.9 Å². The Balaban J connectivity index is 1.88. The van der Waals surface area contributed by atoms with Gasteiger partial charge in [-0.15, -0.1) is 13.2 Å². The fraction of sp³-hybridized carbons (Fsp3) is 0.125. The Kier molecular flexibility index (Phi) is 5.48. The van der Waals surface area contributed by atoms with E-state index in [4.69, 9.17) is 10.5 Å². The molecule has 0 heterocycles. The summed E-state index contributed by atoms with van der Waals surface area (Å²) in [6.45, 7) is -0.358. The van der Waals surface area contributed by atoms with Gasteiger partial charge in [0, 0.05) is 11.3 Å². The van der Waals surface area contributed by atoms with E-state index in [0.29, 0.717) is 0 Å². The molecule has 2 aromatic carbocycles. The number of rotatable bonds is 6. The van der Waals surface area contributed by atoms with Crippen molar-refractivity contribution in [1.29, 1.82) is 0 Å². The van der Waals surface area contributed by atoms with Crippen LogP contribution in [0.5, 0.6) is 11.5 Å². The van der Waals surface area contributed by atoms with Gasteiger partial charge in [0.2, 0.25) is 5.91 Å². The Bertz CT molecular complexity index is 761. The molecule has 0 saturated heterocycles. The zero-order valence-electron chi connectivity index (χ0n) is 12.7. The van der Waals surface area contributed by atoms with Crippen molar-refractivity contribution in [3.63, 3.8) is 0 Å². The van der Waals surface area contributed by atoms with E-state index in [-0.39, 0.29) is 23.6 Å². The first kappa shape index (κ1) is 18.1. The van der Waals surface area contributed by atoms with Crippen molar-refractivity contribution >= 4 is 17.5 Å². The fourth-order valence-corrected chi connectivity index (χ4v) is 1.83. The van der Waals surface area contributed by atoms with E-state index in [1.54, 1.807) is 12.1 Å². The summed E-state index contributed by atoms with van der Waals surface area (Å²) >= 11 is 0. The van der Waals surface area contributed by atoms with Crippen molar-refractivity contribution in [3.05, 3.63) is 54.1 Å². The Morgan fingerprint density at radius 1 is 1.04 bits per heavy atom. The van der Waals surface area contributed by atoms with Gasteiger partial charge in [0.25, 0.3) is 5.91 Å². The van der Waals surface area contributed by atoms with Crippen LogP contribution in [0.1, 0.15) is 10.4 Å². The molecule has 0 spiro atoms. The van der Waals surface area contributed by atoms with E-state index >= 15 is 0 Å². The Hall–Kier alpha value is -3.23. The number of hydrogen-bond donors (Lipinski definition) is 2. The normalized spacial score (nSPS) is 10.8. The molecule has 6 nitrogen and oxygen atoms in total. The number of nitrogens with one attached hydrogen (secondary N) is 1. The first-order valence-electron chi connectivity index (χ1n) is 6.91. The van der Waals surface area contributed by atoms with E-state index in [9.17, 15) is 22.8 Å². The van der Waals surface area contributed by atoms with Gasteiger partial charge in [-0.05, 0) is 42.5 Å². The van der Waals surface area contributed by atoms with Crippen molar-refractivity contribution in [2.24, 2.45) is 5.73 Å². The molecule has 2 amide bonds. The second-order valence-electron chi connectivity index (χ2n) is 4.80. The number of carbonyl (C=O) groups is 2. The number of anilines is 1. The molecule has 0 radical (unpaired) electrons. The molecule has 9 heteroatoms. The lowest BCUT2D eigenvalue weighted by atomic mass is 10.2. The summed E-state index contributed by atoms with van der Waals surface area (Å²) in [4.78, 5) is 22.8. The molecule has 0 saturated carbocycles. The van der Waals surface area contributed by atoms with Crippen LogP contribution in [0.2, 0.25) is 0 Å². The number of halogens is 3. The van der Waals surface area contributed by atoms with Crippen LogP contribution in [0.25, 0.3) is 0 Å². The van der Waals surface area contributed by atoms with Crippen LogP contribution >= 0.6 is 0 Å². The Morgan fingerprint density at radius 3 is 2.32 bits per heavy atom. The lowest BCUT2D eigenvalue weighted by Gasteiger charge is -2.10. The molecule has 132 valence electrons. The van der Waals surface area contributed by atoms with Crippen molar-refractivity contribution in [1.82, 2.24) is 0 Å². The van der Waals surface area contributed by atoms with Crippen molar-refractivity contribution < 1.29 is 32.2 Å². The monoisotopic (exact) mass is 354 g/mol. The maximum Gasteiger partial charge on any atom is 0.573 e. The van der Waals surface area contributed by atoms with Gasteiger partial charge in [-0.1, -0.05) is 6.07 Å². The summed E-state index contributed by atoms with van der Waals surface area (Å²) in [5.74, 6) is -1.28. The summed E-state index contributed by atoms with van der Waals surface area (Å²) in [6.07, 6.45) is -4.78. The zero-order valence-corrected chi connectivity index (χ0v) is 12.7. The van der Waals surface area contributed by atoms with Crippen LogP contribution in [0.3, 0.4) is 0 Å². The minimum atomic E-state index is -4.78. The van der Waals surface area contributed by atoms with Crippen molar-refractivity contribution in [3.8, 4) is 11.5 Å². The first-order chi connectivity index (χ1) is 11.7. The molecular formula is C16H13F3N2O4. The summed E-state index contributed by atoms with van der Waals surface area (Å²) in [5, 5.41) is 2.45. The van der Waals surface area contributed by atoms with Crippen molar-refractivity contribution in [2.75, 3.05) is 11.9 Å². The third-order valence-electron chi connectivity index (χ3n) is 2.86. The van der Waals surface area contributed by atoms with E-state index in [1.807, 2.05) is 0 Å². The van der Waals surface area contributed by atoms with E-state index < -0.39 is 23.9 Å². The van der Waals surface area contributed by atoms with Crippen LogP contribution in [0, 0.1) is 0 Å². The molecule has 0 aliphatic heterocycles. The summed E-state index contributed by atoms with van der Waals surface area (Å²) in [5.41, 5.74) is 5.64. The van der Waals surface area contributed by atoms with E-state index in [2.05, 4.69) is 10.1 Å². The average molecular weight is 354 g/mol. The smallest absolute Gasteiger partial charge is 0.484 e. The number of primary amides is 1. The highest BCUT2D eigenvalue weighted by atomic mass is 19.4. The van der Waals surface area contributed by atoms with Gasteiger partial charge >= 0.3 is 6.36 Å². The summed E-state index contributed by atoms with van der Waals surface area (Å²) in [7, 11) is 0. The number of carbonyl (C=O) groups excluding carboxylic acids is 2. The van der Waals surface area contributed by atoms with Crippen LogP contribution in [0.15, 0.2) is 48.5 Å². The molecule has 2 rings (SSSR count). The number of benzene rings is 2. The quantitative estimate of drug-likeness (QED) is 0.834. The lowest BCUT2D eigenvalue weighted by molar-refractivity contribution is -0.274. The molecule has 0 unspecified atom stereocenters. The predicted octanol–water partition coefficient (Wildman–Crippen LogP) is 2.70. The van der Waals surface area contributed by atoms with E-state index in [0.717, 1.165) is 12.1 Å². The van der Waals surface area contributed by atoms with Gasteiger partial charge in [0.1, 0.15) is 11.5 Å². The van der Waals surface area contributed by atoms with Gasteiger partial charge in [0.15, 0.2) is 6.61 Å². The van der Waals surface area contributed by atoms with Gasteiger partial charge in [-0.2, -0.15) is 0 Å². The zero-order chi connectivity index (χ0) is 18.4. The minimum Gasteiger partial charge on any atom is -0.484 e. The molecule has 0 aliphatic rings. The molecule has 2 aromatic rings. The fourth-order valence-electron chi connectivity index (χ4n) is 1.83. The maximum absolute atomic E-state index is 12.1. The predicted molar refractivity (Wildman–Crippen MR) is 82.2 cm³/mol. The number of nitrogens with two attached hydrogens (primary N) is 1. The van der Waals surface area contributed by atoms with Crippen LogP contribution in [-0.4, -0.2) is 24.8 Å². The molecule has 0 atom stereocenters.